The van der Waals surface area contributed by atoms with Gasteiger partial charge in [0.25, 0.3) is 0 Å². The SMILES string of the molecule is FC(F)(F)c1nc(-c2cc(Cl)cc(Cl)c2)ncc1-c1nnnn1-c1ccccc1. The third-order valence-electron chi connectivity index (χ3n) is 3.89. The highest BCUT2D eigenvalue weighted by Gasteiger charge is 2.38. The van der Waals surface area contributed by atoms with Gasteiger partial charge in [0.05, 0.1) is 11.3 Å². The van der Waals surface area contributed by atoms with Crippen LogP contribution in [0, 0.1) is 0 Å². The second-order valence-electron chi connectivity index (χ2n) is 5.86. The highest BCUT2D eigenvalue weighted by Crippen LogP contribution is 2.36. The summed E-state index contributed by atoms with van der Waals surface area (Å²) >= 11 is 11.9. The molecule has 0 aliphatic rings. The summed E-state index contributed by atoms with van der Waals surface area (Å²) in [5.74, 6) is -0.316. The maximum atomic E-state index is 13.8. The number of nitrogens with zero attached hydrogens (tertiary/aromatic N) is 6. The zero-order valence-corrected chi connectivity index (χ0v) is 15.8. The number of hydrogen-bond acceptors (Lipinski definition) is 5. The highest BCUT2D eigenvalue weighted by molar-refractivity contribution is 6.35. The number of rotatable bonds is 3. The predicted molar refractivity (Wildman–Crippen MR) is 101 cm³/mol. The lowest BCUT2D eigenvalue weighted by molar-refractivity contribution is -0.140. The third kappa shape index (κ3) is 3.92. The third-order valence-corrected chi connectivity index (χ3v) is 4.33. The van der Waals surface area contributed by atoms with Crippen molar-refractivity contribution in [2.45, 2.75) is 6.18 Å². The lowest BCUT2D eigenvalue weighted by Gasteiger charge is -2.13. The van der Waals surface area contributed by atoms with Crippen LogP contribution in [0.25, 0.3) is 28.5 Å². The van der Waals surface area contributed by atoms with Crippen molar-refractivity contribution in [3.8, 4) is 28.5 Å². The molecular weight excluding hydrogens is 428 g/mol. The van der Waals surface area contributed by atoms with Gasteiger partial charge >= 0.3 is 6.18 Å². The zero-order chi connectivity index (χ0) is 20.6. The zero-order valence-electron chi connectivity index (χ0n) is 14.3. The van der Waals surface area contributed by atoms with Gasteiger partial charge in [0, 0.05) is 21.8 Å². The molecule has 0 N–H and O–H groups in total. The van der Waals surface area contributed by atoms with Gasteiger partial charge in [0.15, 0.2) is 17.3 Å². The Morgan fingerprint density at radius 2 is 1.62 bits per heavy atom. The summed E-state index contributed by atoms with van der Waals surface area (Å²) < 4.78 is 42.6. The van der Waals surface area contributed by atoms with Crippen molar-refractivity contribution in [3.05, 3.63) is 70.5 Å². The van der Waals surface area contributed by atoms with Gasteiger partial charge in [-0.1, -0.05) is 41.4 Å². The fourth-order valence-corrected chi connectivity index (χ4v) is 3.21. The summed E-state index contributed by atoms with van der Waals surface area (Å²) in [7, 11) is 0. The molecule has 4 rings (SSSR count). The molecule has 0 aliphatic carbocycles. The van der Waals surface area contributed by atoms with Crippen LogP contribution >= 0.6 is 23.2 Å². The molecule has 0 fully saturated rings. The molecule has 0 saturated heterocycles. The average Bonchev–Trinajstić information content (AvgIpc) is 3.16. The van der Waals surface area contributed by atoms with E-state index < -0.39 is 11.9 Å². The fourth-order valence-electron chi connectivity index (χ4n) is 2.68. The van der Waals surface area contributed by atoms with Crippen molar-refractivity contribution in [1.29, 1.82) is 0 Å². The van der Waals surface area contributed by atoms with E-state index in [1.54, 1.807) is 30.3 Å². The number of benzene rings is 2. The molecule has 0 saturated carbocycles. The molecule has 11 heteroatoms. The Labute approximate surface area is 171 Å². The van der Waals surface area contributed by atoms with Gasteiger partial charge in [0.2, 0.25) is 0 Å². The van der Waals surface area contributed by atoms with E-state index in [1.807, 2.05) is 0 Å². The molecule has 6 nitrogen and oxygen atoms in total. The number of hydrogen-bond donors (Lipinski definition) is 0. The van der Waals surface area contributed by atoms with Gasteiger partial charge in [-0.3, -0.25) is 0 Å². The van der Waals surface area contributed by atoms with E-state index in [-0.39, 0.29) is 32.8 Å². The first-order valence-corrected chi connectivity index (χ1v) is 8.83. The van der Waals surface area contributed by atoms with Crippen LogP contribution in [0.1, 0.15) is 5.69 Å². The Balaban J connectivity index is 1.89. The Bertz CT molecular complexity index is 1160. The predicted octanol–water partition coefficient (Wildman–Crippen LogP) is 5.11. The van der Waals surface area contributed by atoms with Crippen LogP contribution < -0.4 is 0 Å². The molecule has 0 spiro atoms. The van der Waals surface area contributed by atoms with E-state index in [0.717, 1.165) is 6.20 Å². The van der Waals surface area contributed by atoms with E-state index >= 15 is 0 Å². The maximum Gasteiger partial charge on any atom is 0.434 e. The van der Waals surface area contributed by atoms with Gasteiger partial charge in [-0.05, 0) is 40.8 Å². The number of aromatic nitrogens is 6. The summed E-state index contributed by atoms with van der Waals surface area (Å²) in [6.07, 6.45) is -3.74. The van der Waals surface area contributed by atoms with Gasteiger partial charge < -0.3 is 0 Å². The van der Waals surface area contributed by atoms with Crippen LogP contribution in [0.5, 0.6) is 0 Å². The molecule has 2 aromatic heterocycles. The van der Waals surface area contributed by atoms with Gasteiger partial charge in [-0.2, -0.15) is 17.9 Å². The second-order valence-corrected chi connectivity index (χ2v) is 6.73. The molecule has 4 aromatic rings. The maximum absolute atomic E-state index is 13.8. The second kappa shape index (κ2) is 7.41. The molecule has 146 valence electrons. The fraction of sp³-hybridized carbons (Fsp3) is 0.0556. The lowest BCUT2D eigenvalue weighted by atomic mass is 10.1. The van der Waals surface area contributed by atoms with Gasteiger partial charge in [0.1, 0.15) is 0 Å². The van der Waals surface area contributed by atoms with E-state index in [1.165, 1.54) is 22.9 Å². The molecule has 29 heavy (non-hydrogen) atoms. The molecule has 2 aromatic carbocycles. The van der Waals surface area contributed by atoms with E-state index in [9.17, 15) is 13.2 Å². The van der Waals surface area contributed by atoms with E-state index in [2.05, 4.69) is 25.5 Å². The van der Waals surface area contributed by atoms with Crippen molar-refractivity contribution < 1.29 is 13.2 Å². The van der Waals surface area contributed by atoms with Crippen LogP contribution in [0.4, 0.5) is 13.2 Å². The number of para-hydroxylation sites is 1. The van der Waals surface area contributed by atoms with Crippen molar-refractivity contribution in [1.82, 2.24) is 30.2 Å². The van der Waals surface area contributed by atoms with E-state index in [0.29, 0.717) is 5.69 Å². The molecular formula is C18H9Cl2F3N6. The topological polar surface area (TPSA) is 69.4 Å². The van der Waals surface area contributed by atoms with Crippen LogP contribution in [-0.2, 0) is 6.18 Å². The first-order chi connectivity index (χ1) is 13.8. The molecule has 0 atom stereocenters. The first-order valence-electron chi connectivity index (χ1n) is 8.08. The monoisotopic (exact) mass is 436 g/mol. The summed E-state index contributed by atoms with van der Waals surface area (Å²) in [6.45, 7) is 0. The smallest absolute Gasteiger partial charge is 0.236 e. The Kier molecular flexibility index (Phi) is 4.93. The van der Waals surface area contributed by atoms with Crippen LogP contribution in [0.2, 0.25) is 10.0 Å². The molecule has 2 heterocycles. The minimum Gasteiger partial charge on any atom is -0.236 e. The normalized spacial score (nSPS) is 11.6. The molecule has 0 amide bonds. The van der Waals surface area contributed by atoms with Crippen LogP contribution in [-0.4, -0.2) is 30.2 Å². The first kappa shape index (κ1) is 19.3. The Hall–Kier alpha value is -3.04. The highest BCUT2D eigenvalue weighted by atomic mass is 35.5. The van der Waals surface area contributed by atoms with Gasteiger partial charge in [-0.25, -0.2) is 9.97 Å². The van der Waals surface area contributed by atoms with Gasteiger partial charge in [-0.15, -0.1) is 5.10 Å². The molecule has 0 aliphatic heterocycles. The summed E-state index contributed by atoms with van der Waals surface area (Å²) in [5, 5.41) is 11.5. The standard InChI is InChI=1S/C18H9Cl2F3N6/c19-11-6-10(7-12(20)8-11)16-24-9-14(15(25-16)18(21,22)23)17-26-27-28-29(17)13-4-2-1-3-5-13/h1-9H. The molecule has 0 radical (unpaired) electrons. The Morgan fingerprint density at radius 3 is 2.28 bits per heavy atom. The number of alkyl halides is 3. The lowest BCUT2D eigenvalue weighted by Crippen LogP contribution is -2.13. The number of halogens is 5. The average molecular weight is 437 g/mol. The number of tetrazole rings is 1. The quantitative estimate of drug-likeness (QED) is 0.446. The Morgan fingerprint density at radius 1 is 0.931 bits per heavy atom. The van der Waals surface area contributed by atoms with E-state index in [4.69, 9.17) is 23.2 Å². The largest absolute Gasteiger partial charge is 0.434 e. The van der Waals surface area contributed by atoms with Crippen LogP contribution in [0.15, 0.2) is 54.7 Å². The van der Waals surface area contributed by atoms with Crippen LogP contribution in [0.3, 0.4) is 0 Å². The summed E-state index contributed by atoms with van der Waals surface area (Å²) in [5.41, 5.74) is -0.790. The van der Waals surface area contributed by atoms with Crippen molar-refractivity contribution >= 4 is 23.2 Å². The minimum absolute atomic E-state index is 0.140. The summed E-state index contributed by atoms with van der Waals surface area (Å²) in [4.78, 5) is 7.78. The van der Waals surface area contributed by atoms with Crippen molar-refractivity contribution in [2.24, 2.45) is 0 Å². The summed E-state index contributed by atoms with van der Waals surface area (Å²) in [6, 6.07) is 12.8. The molecule has 0 bridgehead atoms. The van der Waals surface area contributed by atoms with Crippen molar-refractivity contribution in [3.63, 3.8) is 0 Å². The minimum atomic E-state index is -4.77. The molecule has 0 unspecified atom stereocenters. The van der Waals surface area contributed by atoms with Crippen molar-refractivity contribution in [2.75, 3.05) is 0 Å².